The van der Waals surface area contributed by atoms with Crippen LogP contribution in [0.25, 0.3) is 0 Å². The lowest BCUT2D eigenvalue weighted by Crippen LogP contribution is -2.14. The second-order valence-electron chi connectivity index (χ2n) is 3.42. The molecule has 1 aromatic heterocycles. The number of benzene rings is 1. The molecule has 0 saturated heterocycles. The molecule has 0 aliphatic heterocycles. The Morgan fingerprint density at radius 1 is 1.41 bits per heavy atom. The molecule has 88 valence electrons. The zero-order valence-electron chi connectivity index (χ0n) is 9.39. The van der Waals surface area contributed by atoms with E-state index >= 15 is 0 Å². The Morgan fingerprint density at radius 2 is 2.24 bits per heavy atom. The molecule has 0 fully saturated rings. The van der Waals surface area contributed by atoms with E-state index in [0.717, 1.165) is 22.8 Å². The number of anilines is 2. The molecule has 1 aromatic carbocycles. The molecule has 7 heteroatoms. The standard InChI is InChI=1S/C10H11N5OS/c1-6-3-4-8(11-2)7(5-6)9(16)12-10-13-14-15-17-10/h3-5,11H,1-2H3,(H,12,13,15,16). The topological polar surface area (TPSA) is 79.8 Å². The minimum Gasteiger partial charge on any atom is -0.387 e. The third kappa shape index (κ3) is 2.56. The predicted molar refractivity (Wildman–Crippen MR) is 66.4 cm³/mol. The summed E-state index contributed by atoms with van der Waals surface area (Å²) in [6, 6.07) is 5.62. The van der Waals surface area contributed by atoms with Crippen molar-refractivity contribution in [1.82, 2.24) is 14.8 Å². The van der Waals surface area contributed by atoms with Crippen LogP contribution in [0.15, 0.2) is 18.2 Å². The van der Waals surface area contributed by atoms with Crippen LogP contribution in [0.2, 0.25) is 0 Å². The fourth-order valence-electron chi connectivity index (χ4n) is 1.41. The summed E-state index contributed by atoms with van der Waals surface area (Å²) >= 11 is 1.04. The average molecular weight is 249 g/mol. The molecule has 2 rings (SSSR count). The SMILES string of the molecule is CNc1ccc(C)cc1C(=O)Nc1nnns1. The Kier molecular flexibility index (Phi) is 3.29. The molecule has 0 bridgehead atoms. The molecular weight excluding hydrogens is 238 g/mol. The third-order valence-electron chi connectivity index (χ3n) is 2.21. The van der Waals surface area contributed by atoms with Crippen LogP contribution >= 0.6 is 11.5 Å². The van der Waals surface area contributed by atoms with Crippen molar-refractivity contribution in [3.8, 4) is 0 Å². The summed E-state index contributed by atoms with van der Waals surface area (Å²) in [6.45, 7) is 1.93. The zero-order valence-corrected chi connectivity index (χ0v) is 10.2. The molecule has 0 saturated carbocycles. The smallest absolute Gasteiger partial charge is 0.259 e. The van der Waals surface area contributed by atoms with E-state index in [0.29, 0.717) is 10.7 Å². The molecule has 0 aliphatic rings. The molecular formula is C10H11N5OS. The van der Waals surface area contributed by atoms with Gasteiger partial charge in [0.15, 0.2) is 0 Å². The van der Waals surface area contributed by atoms with E-state index in [4.69, 9.17) is 0 Å². The highest BCUT2D eigenvalue weighted by Gasteiger charge is 2.12. The molecule has 2 aromatic rings. The van der Waals surface area contributed by atoms with Gasteiger partial charge < -0.3 is 5.32 Å². The molecule has 0 spiro atoms. The van der Waals surface area contributed by atoms with Crippen LogP contribution in [0.1, 0.15) is 15.9 Å². The molecule has 0 aliphatic carbocycles. The number of nitrogens with one attached hydrogen (secondary N) is 2. The van der Waals surface area contributed by atoms with Gasteiger partial charge >= 0.3 is 0 Å². The van der Waals surface area contributed by atoms with Gasteiger partial charge in [-0.2, -0.15) is 0 Å². The molecule has 17 heavy (non-hydrogen) atoms. The molecule has 0 atom stereocenters. The first kappa shape index (κ1) is 11.5. The average Bonchev–Trinajstić information content (AvgIpc) is 2.81. The maximum atomic E-state index is 12.0. The van der Waals surface area contributed by atoms with Gasteiger partial charge in [0.1, 0.15) is 0 Å². The predicted octanol–water partition coefficient (Wildman–Crippen LogP) is 1.54. The van der Waals surface area contributed by atoms with Crippen molar-refractivity contribution < 1.29 is 4.79 Å². The van der Waals surface area contributed by atoms with Crippen LogP contribution in [0.4, 0.5) is 10.8 Å². The number of hydrogen-bond donors (Lipinski definition) is 2. The quantitative estimate of drug-likeness (QED) is 0.862. The fraction of sp³-hybridized carbons (Fsp3) is 0.200. The number of nitrogens with zero attached hydrogens (tertiary/aromatic N) is 3. The number of aromatic nitrogens is 3. The van der Waals surface area contributed by atoms with Crippen molar-refractivity contribution in [2.24, 2.45) is 0 Å². The highest BCUT2D eigenvalue weighted by molar-refractivity contribution is 7.09. The van der Waals surface area contributed by atoms with E-state index < -0.39 is 0 Å². The van der Waals surface area contributed by atoms with Gasteiger partial charge in [-0.05, 0) is 24.3 Å². The first-order chi connectivity index (χ1) is 8.20. The zero-order chi connectivity index (χ0) is 12.3. The van der Waals surface area contributed by atoms with Crippen molar-refractivity contribution in [1.29, 1.82) is 0 Å². The number of carbonyl (C=O) groups excluding carboxylic acids is 1. The monoisotopic (exact) mass is 249 g/mol. The Labute approximate surface area is 102 Å². The van der Waals surface area contributed by atoms with Crippen LogP contribution in [-0.2, 0) is 0 Å². The molecule has 1 heterocycles. The summed E-state index contributed by atoms with van der Waals surface area (Å²) in [6.07, 6.45) is 0. The van der Waals surface area contributed by atoms with Crippen molar-refractivity contribution in [3.63, 3.8) is 0 Å². The maximum absolute atomic E-state index is 12.0. The normalized spacial score (nSPS) is 10.0. The number of hydrogen-bond acceptors (Lipinski definition) is 6. The minimum absolute atomic E-state index is 0.225. The van der Waals surface area contributed by atoms with Crippen LogP contribution in [0.5, 0.6) is 0 Å². The largest absolute Gasteiger partial charge is 0.387 e. The Balaban J connectivity index is 2.26. The second kappa shape index (κ2) is 4.88. The number of carbonyl (C=O) groups is 1. The summed E-state index contributed by atoms with van der Waals surface area (Å²) in [4.78, 5) is 12.0. The van der Waals surface area contributed by atoms with E-state index in [-0.39, 0.29) is 5.91 Å². The fourth-order valence-corrected chi connectivity index (χ4v) is 1.77. The number of rotatable bonds is 3. The molecule has 0 radical (unpaired) electrons. The van der Waals surface area contributed by atoms with Gasteiger partial charge in [0.25, 0.3) is 5.91 Å². The molecule has 6 nitrogen and oxygen atoms in total. The van der Waals surface area contributed by atoms with E-state index in [1.54, 1.807) is 7.05 Å². The Bertz CT molecular complexity index is 525. The van der Waals surface area contributed by atoms with Crippen LogP contribution < -0.4 is 10.6 Å². The van der Waals surface area contributed by atoms with Gasteiger partial charge in [-0.25, -0.2) is 0 Å². The van der Waals surface area contributed by atoms with Gasteiger partial charge in [0, 0.05) is 24.3 Å². The lowest BCUT2D eigenvalue weighted by atomic mass is 10.1. The Hall–Kier alpha value is -2.02. The summed E-state index contributed by atoms with van der Waals surface area (Å²) < 4.78 is 3.58. The number of amides is 1. The van der Waals surface area contributed by atoms with Gasteiger partial charge in [-0.1, -0.05) is 21.2 Å². The molecule has 2 N–H and O–H groups in total. The number of aryl methyl sites for hydroxylation is 1. The van der Waals surface area contributed by atoms with Gasteiger partial charge in [-0.15, -0.1) is 0 Å². The summed E-state index contributed by atoms with van der Waals surface area (Å²) in [5.41, 5.74) is 2.36. The maximum Gasteiger partial charge on any atom is 0.259 e. The minimum atomic E-state index is -0.225. The van der Waals surface area contributed by atoms with E-state index in [9.17, 15) is 4.79 Å². The van der Waals surface area contributed by atoms with Crippen molar-refractivity contribution >= 4 is 28.3 Å². The van der Waals surface area contributed by atoms with Gasteiger partial charge in [0.2, 0.25) is 5.13 Å². The van der Waals surface area contributed by atoms with Crippen LogP contribution in [0.3, 0.4) is 0 Å². The van der Waals surface area contributed by atoms with Crippen LogP contribution in [-0.4, -0.2) is 27.8 Å². The van der Waals surface area contributed by atoms with Gasteiger partial charge in [0.05, 0.1) is 5.56 Å². The summed E-state index contributed by atoms with van der Waals surface area (Å²) in [7, 11) is 1.77. The lowest BCUT2D eigenvalue weighted by molar-refractivity contribution is 0.102. The van der Waals surface area contributed by atoms with Crippen molar-refractivity contribution in [2.75, 3.05) is 17.7 Å². The van der Waals surface area contributed by atoms with Crippen molar-refractivity contribution in [2.45, 2.75) is 6.92 Å². The van der Waals surface area contributed by atoms with E-state index in [2.05, 4.69) is 25.4 Å². The lowest BCUT2D eigenvalue weighted by Gasteiger charge is -2.08. The molecule has 0 unspecified atom stereocenters. The highest BCUT2D eigenvalue weighted by atomic mass is 32.1. The third-order valence-corrected chi connectivity index (χ3v) is 2.72. The summed E-state index contributed by atoms with van der Waals surface area (Å²) in [5, 5.41) is 13.1. The summed E-state index contributed by atoms with van der Waals surface area (Å²) in [5.74, 6) is -0.225. The highest BCUT2D eigenvalue weighted by Crippen LogP contribution is 2.18. The molecule has 1 amide bonds. The Morgan fingerprint density at radius 3 is 2.88 bits per heavy atom. The first-order valence-corrected chi connectivity index (χ1v) is 5.73. The first-order valence-electron chi connectivity index (χ1n) is 4.95. The van der Waals surface area contributed by atoms with Gasteiger partial charge in [-0.3, -0.25) is 10.1 Å². The second-order valence-corrected chi connectivity index (χ2v) is 4.15. The van der Waals surface area contributed by atoms with E-state index in [1.807, 2.05) is 25.1 Å². The van der Waals surface area contributed by atoms with Crippen LogP contribution in [0, 0.1) is 6.92 Å². The van der Waals surface area contributed by atoms with Crippen molar-refractivity contribution in [3.05, 3.63) is 29.3 Å². The van der Waals surface area contributed by atoms with E-state index in [1.165, 1.54) is 0 Å².